The van der Waals surface area contributed by atoms with Crippen molar-refractivity contribution in [2.45, 2.75) is 104 Å². The van der Waals surface area contributed by atoms with Crippen molar-refractivity contribution in [2.24, 2.45) is 0 Å². The molecule has 0 aliphatic carbocycles. The highest BCUT2D eigenvalue weighted by Gasteiger charge is 2.13. The first-order valence-electron chi connectivity index (χ1n) is 17.4. The van der Waals surface area contributed by atoms with E-state index in [0.717, 1.165) is 63.9 Å². The lowest BCUT2D eigenvalue weighted by Crippen LogP contribution is -2.07. The third kappa shape index (κ3) is 22.1. The van der Waals surface area contributed by atoms with Crippen molar-refractivity contribution in [1.82, 2.24) is 0 Å². The Bertz CT molecular complexity index is 1080. The largest absolute Gasteiger partial charge is 0.504 e. The highest BCUT2D eigenvalue weighted by molar-refractivity contribution is 5.90. The molecule has 0 bridgehead atoms. The summed E-state index contributed by atoms with van der Waals surface area (Å²) < 4.78 is 21.4. The molecule has 0 fully saturated rings. The molecule has 0 saturated heterocycles. The fourth-order valence-electron chi connectivity index (χ4n) is 4.16. The first kappa shape index (κ1) is 44.5. The van der Waals surface area contributed by atoms with Crippen LogP contribution in [0.15, 0.2) is 36.4 Å². The first-order valence-corrected chi connectivity index (χ1v) is 17.4. The van der Waals surface area contributed by atoms with Crippen LogP contribution in [0, 0.1) is 0 Å². The van der Waals surface area contributed by atoms with Gasteiger partial charge in [-0.3, -0.25) is 0 Å². The average Bonchev–Trinajstić information content (AvgIpc) is 3.08. The highest BCUT2D eigenvalue weighted by Crippen LogP contribution is 2.29. The van der Waals surface area contributed by atoms with Crippen molar-refractivity contribution in [1.29, 1.82) is 0 Å². The van der Waals surface area contributed by atoms with Gasteiger partial charge in [0, 0.05) is 19.8 Å². The third-order valence-electron chi connectivity index (χ3n) is 6.82. The number of ether oxygens (including phenoxy) is 4. The predicted molar refractivity (Wildman–Crippen MR) is 186 cm³/mol. The Balaban J connectivity index is 0.000000861. The van der Waals surface area contributed by atoms with Gasteiger partial charge in [-0.15, -0.1) is 0 Å². The number of phenolic OH excluding ortho intramolecular Hbond substituents is 2. The van der Waals surface area contributed by atoms with E-state index < -0.39 is 5.97 Å². The second kappa shape index (κ2) is 30.8. The summed E-state index contributed by atoms with van der Waals surface area (Å²) in [4.78, 5) is 23.0. The number of hydrogen-bond donors (Lipinski definition) is 5. The van der Waals surface area contributed by atoms with E-state index in [1.54, 1.807) is 32.0 Å². The molecule has 48 heavy (non-hydrogen) atoms. The Morgan fingerprint density at radius 1 is 0.521 bits per heavy atom. The molecule has 0 spiro atoms. The van der Waals surface area contributed by atoms with Crippen LogP contribution in [-0.4, -0.2) is 83.7 Å². The van der Waals surface area contributed by atoms with E-state index in [-0.39, 0.29) is 42.9 Å². The van der Waals surface area contributed by atoms with Gasteiger partial charge in [0.05, 0.1) is 37.6 Å². The summed E-state index contributed by atoms with van der Waals surface area (Å²) in [6.45, 7) is 8.18. The summed E-state index contributed by atoms with van der Waals surface area (Å²) in [5.74, 6) is -0.295. The minimum absolute atomic E-state index is 0.220. The minimum Gasteiger partial charge on any atom is -0.504 e. The molecule has 11 nitrogen and oxygen atoms in total. The van der Waals surface area contributed by atoms with Crippen LogP contribution in [0.4, 0.5) is 0 Å². The smallest absolute Gasteiger partial charge is 0.338 e. The van der Waals surface area contributed by atoms with Gasteiger partial charge in [-0.25, -0.2) is 9.59 Å². The van der Waals surface area contributed by atoms with Gasteiger partial charge < -0.3 is 44.5 Å². The van der Waals surface area contributed by atoms with Crippen LogP contribution in [0.3, 0.4) is 0 Å². The Hall–Kier alpha value is -3.54. The second-order valence-electron chi connectivity index (χ2n) is 10.9. The lowest BCUT2D eigenvalue weighted by atomic mass is 10.2. The molecule has 11 heteroatoms. The zero-order chi connectivity index (χ0) is 35.8. The molecule has 0 unspecified atom stereocenters. The van der Waals surface area contributed by atoms with Crippen LogP contribution in [0.25, 0.3) is 0 Å². The number of unbranched alkanes of at least 4 members (excludes halogenated alkanes) is 10. The molecule has 2 rings (SSSR count). The van der Waals surface area contributed by atoms with Crippen molar-refractivity contribution < 1.29 is 54.1 Å². The Kier molecular flexibility index (Phi) is 28.5. The Labute approximate surface area is 286 Å². The number of carbonyl (C=O) groups excluding carboxylic acids is 2. The molecule has 0 aliphatic rings. The van der Waals surface area contributed by atoms with Crippen molar-refractivity contribution in [3.8, 4) is 23.0 Å². The Morgan fingerprint density at radius 2 is 0.958 bits per heavy atom. The topological polar surface area (TPSA) is 172 Å². The lowest BCUT2D eigenvalue weighted by molar-refractivity contribution is 0.0516. The molecule has 0 atom stereocenters. The maximum absolute atomic E-state index is 12.0. The van der Waals surface area contributed by atoms with E-state index >= 15 is 0 Å². The number of carbonyl (C=O) groups is 2. The summed E-state index contributed by atoms with van der Waals surface area (Å²) >= 11 is 0. The van der Waals surface area contributed by atoms with Crippen LogP contribution >= 0.6 is 0 Å². The van der Waals surface area contributed by atoms with Crippen LogP contribution in [0.2, 0.25) is 0 Å². The van der Waals surface area contributed by atoms with Gasteiger partial charge in [0.15, 0.2) is 23.0 Å². The summed E-state index contributed by atoms with van der Waals surface area (Å²) in [5.41, 5.74) is 0.666. The predicted octanol–water partition coefficient (Wildman–Crippen LogP) is 6.95. The van der Waals surface area contributed by atoms with Gasteiger partial charge in [0.2, 0.25) is 0 Å². The Morgan fingerprint density at radius 3 is 1.42 bits per heavy atom. The molecule has 274 valence electrons. The number of aliphatic hydroxyl groups is 3. The van der Waals surface area contributed by atoms with E-state index in [1.165, 1.54) is 37.8 Å². The number of benzene rings is 2. The molecule has 0 aromatic heterocycles. The second-order valence-corrected chi connectivity index (χ2v) is 10.9. The van der Waals surface area contributed by atoms with E-state index in [4.69, 9.17) is 44.5 Å². The normalized spacial score (nSPS) is 10.2. The summed E-state index contributed by atoms with van der Waals surface area (Å²) in [7, 11) is 0. The number of phenols is 2. The molecule has 0 radical (unpaired) electrons. The number of aromatic hydroxyl groups is 2. The minimum atomic E-state index is -0.516. The van der Waals surface area contributed by atoms with Gasteiger partial charge in [-0.2, -0.15) is 0 Å². The monoisotopic (exact) mass is 680 g/mol. The van der Waals surface area contributed by atoms with Gasteiger partial charge in [0.1, 0.15) is 0 Å². The molecule has 0 saturated carbocycles. The van der Waals surface area contributed by atoms with Gasteiger partial charge in [0.25, 0.3) is 0 Å². The maximum atomic E-state index is 12.0. The van der Waals surface area contributed by atoms with Crippen molar-refractivity contribution >= 4 is 11.9 Å². The summed E-state index contributed by atoms with van der Waals surface area (Å²) in [6, 6.07) is 8.89. The molecule has 0 amide bonds. The van der Waals surface area contributed by atoms with E-state index in [2.05, 4.69) is 6.92 Å². The van der Waals surface area contributed by atoms with E-state index in [0.29, 0.717) is 43.5 Å². The average molecular weight is 681 g/mol. The summed E-state index contributed by atoms with van der Waals surface area (Å²) in [6.07, 6.45) is 13.4. The van der Waals surface area contributed by atoms with Gasteiger partial charge in [-0.1, -0.05) is 45.4 Å². The molecular formula is C37H60O11. The molecule has 2 aromatic rings. The number of aliphatic hydroxyl groups excluding tert-OH is 3. The van der Waals surface area contributed by atoms with Crippen molar-refractivity contribution in [3.05, 3.63) is 47.5 Å². The van der Waals surface area contributed by atoms with Crippen molar-refractivity contribution in [3.63, 3.8) is 0 Å². The maximum Gasteiger partial charge on any atom is 0.338 e. The van der Waals surface area contributed by atoms with Crippen LogP contribution in [0.1, 0.15) is 125 Å². The number of hydrogen-bond acceptors (Lipinski definition) is 11. The number of esters is 2. The highest BCUT2D eigenvalue weighted by atomic mass is 16.5. The van der Waals surface area contributed by atoms with Crippen molar-refractivity contribution in [2.75, 3.05) is 46.2 Å². The molecule has 2 aromatic carbocycles. The molecular weight excluding hydrogens is 620 g/mol. The number of rotatable bonds is 23. The molecule has 0 heterocycles. The van der Waals surface area contributed by atoms with E-state index in [1.807, 2.05) is 0 Å². The first-order chi connectivity index (χ1) is 23.3. The molecule has 0 aliphatic heterocycles. The fraction of sp³-hybridized carbons (Fsp3) is 0.622. The summed E-state index contributed by atoms with van der Waals surface area (Å²) in [5, 5.41) is 44.0. The third-order valence-corrected chi connectivity index (χ3v) is 6.82. The molecule has 5 N–H and O–H groups in total. The van der Waals surface area contributed by atoms with Crippen LogP contribution in [0.5, 0.6) is 23.0 Å². The zero-order valence-electron chi connectivity index (χ0n) is 29.3. The van der Waals surface area contributed by atoms with Gasteiger partial charge in [-0.05, 0) is 95.2 Å². The zero-order valence-corrected chi connectivity index (χ0v) is 29.3. The van der Waals surface area contributed by atoms with Crippen LogP contribution in [-0.2, 0) is 9.47 Å². The lowest BCUT2D eigenvalue weighted by Gasteiger charge is -2.14. The van der Waals surface area contributed by atoms with E-state index in [9.17, 15) is 9.59 Å². The standard InChI is InChI=1S/C21H34O6.C9H10O4.C7H16O/c1-2-25-21(24)18-11-12-19(26-15-9-5-3-7-13-22)20(17-18)27-16-10-6-4-8-14-23;1-2-13-9(12)6-3-4-7(10)8(11)5-6;1-2-3-4-5-6-7-8/h11-12,17,22-23H,2-10,13-16H2,1H3;3-5,10-11H,2H2,1H3;8H,2-7H2,1H3. The quantitative estimate of drug-likeness (QED) is 0.0467. The van der Waals surface area contributed by atoms with Gasteiger partial charge >= 0.3 is 11.9 Å². The SMILES string of the molecule is CCCCCCCO.CCOC(=O)c1ccc(O)c(O)c1.CCOC(=O)c1ccc(OCCCCCCO)c(OCCCCCCO)c1. The fourth-order valence-corrected chi connectivity index (χ4v) is 4.16. The van der Waals surface area contributed by atoms with Crippen LogP contribution < -0.4 is 9.47 Å².